The molecule has 2 rings (SSSR count). The van der Waals surface area contributed by atoms with E-state index in [0.29, 0.717) is 11.0 Å². The Morgan fingerprint density at radius 3 is 2.57 bits per heavy atom. The molecular weight excluding hydrogens is 306 g/mol. The Bertz CT molecular complexity index is 681. The number of hydrogen-bond donors (Lipinski definition) is 2. The van der Waals surface area contributed by atoms with Crippen molar-refractivity contribution in [3.05, 3.63) is 59.7 Å². The van der Waals surface area contributed by atoms with E-state index in [1.165, 1.54) is 5.56 Å². The van der Waals surface area contributed by atoms with Crippen LogP contribution in [0.4, 0.5) is 5.69 Å². The fourth-order valence-corrected chi connectivity index (χ4v) is 2.17. The third-order valence-electron chi connectivity index (χ3n) is 3.31. The molecule has 0 radical (unpaired) electrons. The monoisotopic (exact) mass is 327 g/mol. The second kappa shape index (κ2) is 8.29. The summed E-state index contributed by atoms with van der Waals surface area (Å²) in [6, 6.07) is 15.8. The van der Waals surface area contributed by atoms with Gasteiger partial charge in [0.2, 0.25) is 0 Å². The van der Waals surface area contributed by atoms with Crippen molar-refractivity contribution < 1.29 is 4.74 Å². The Kier molecular flexibility index (Phi) is 6.11. The van der Waals surface area contributed by atoms with Crippen LogP contribution in [0.25, 0.3) is 0 Å². The summed E-state index contributed by atoms with van der Waals surface area (Å²) in [6.07, 6.45) is 1.69. The van der Waals surface area contributed by atoms with Crippen LogP contribution in [0, 0.1) is 0 Å². The molecule has 0 unspecified atom stereocenters. The number of nitrogens with one attached hydrogen (secondary N) is 2. The van der Waals surface area contributed by atoms with E-state index in [0.717, 1.165) is 17.0 Å². The first-order valence-electron chi connectivity index (χ1n) is 7.42. The van der Waals surface area contributed by atoms with Gasteiger partial charge in [-0.3, -0.25) is 5.43 Å². The van der Waals surface area contributed by atoms with Crippen molar-refractivity contribution >= 4 is 29.2 Å². The standard InChI is InChI=1S/C18H21N3OS/c1-13(2)15-7-9-16(10-8-15)20-18(23)21-19-12-14-5-4-6-17(11-14)22-3/h4-13H,1-3H3,(H2,20,21,23)/b19-12+. The zero-order chi connectivity index (χ0) is 16.7. The Labute approximate surface area is 142 Å². The molecule has 4 nitrogen and oxygen atoms in total. The minimum Gasteiger partial charge on any atom is -0.497 e. The summed E-state index contributed by atoms with van der Waals surface area (Å²) in [5, 5.41) is 7.67. The van der Waals surface area contributed by atoms with Crippen LogP contribution in [0.5, 0.6) is 5.75 Å². The van der Waals surface area contributed by atoms with E-state index in [1.807, 2.05) is 36.4 Å². The van der Waals surface area contributed by atoms with Gasteiger partial charge >= 0.3 is 0 Å². The van der Waals surface area contributed by atoms with Gasteiger partial charge in [0.1, 0.15) is 5.75 Å². The molecule has 23 heavy (non-hydrogen) atoms. The van der Waals surface area contributed by atoms with Crippen molar-refractivity contribution in [2.24, 2.45) is 5.10 Å². The molecule has 0 aliphatic carbocycles. The minimum atomic E-state index is 0.446. The number of rotatable bonds is 5. The summed E-state index contributed by atoms with van der Waals surface area (Å²) in [7, 11) is 1.64. The van der Waals surface area contributed by atoms with Gasteiger partial charge in [-0.2, -0.15) is 5.10 Å². The SMILES string of the molecule is COc1cccc(/C=N/NC(=S)Nc2ccc(C(C)C)cc2)c1. The summed E-state index contributed by atoms with van der Waals surface area (Å²) in [4.78, 5) is 0. The molecule has 0 saturated carbocycles. The van der Waals surface area contributed by atoms with Crippen LogP contribution >= 0.6 is 12.2 Å². The highest BCUT2D eigenvalue weighted by Crippen LogP contribution is 2.17. The van der Waals surface area contributed by atoms with E-state index in [-0.39, 0.29) is 0 Å². The van der Waals surface area contributed by atoms with Crippen LogP contribution in [0.2, 0.25) is 0 Å². The van der Waals surface area contributed by atoms with Gasteiger partial charge in [-0.15, -0.1) is 0 Å². The molecule has 5 heteroatoms. The first kappa shape index (κ1) is 17.0. The fraction of sp³-hybridized carbons (Fsp3) is 0.222. The second-order valence-corrected chi connectivity index (χ2v) is 5.79. The lowest BCUT2D eigenvalue weighted by Crippen LogP contribution is -2.23. The fourth-order valence-electron chi connectivity index (χ4n) is 2.00. The molecule has 0 amide bonds. The quantitative estimate of drug-likeness (QED) is 0.492. The summed E-state index contributed by atoms with van der Waals surface area (Å²) in [6.45, 7) is 4.34. The molecule has 0 bridgehead atoms. The van der Waals surface area contributed by atoms with E-state index in [2.05, 4.69) is 41.8 Å². The second-order valence-electron chi connectivity index (χ2n) is 5.38. The first-order chi connectivity index (χ1) is 11.1. The summed E-state index contributed by atoms with van der Waals surface area (Å²) in [5.74, 6) is 1.31. The zero-order valence-electron chi connectivity index (χ0n) is 13.5. The van der Waals surface area contributed by atoms with Crippen LogP contribution in [-0.2, 0) is 0 Å². The van der Waals surface area contributed by atoms with Crippen molar-refractivity contribution in [2.45, 2.75) is 19.8 Å². The van der Waals surface area contributed by atoms with Crippen molar-refractivity contribution in [1.82, 2.24) is 5.43 Å². The van der Waals surface area contributed by atoms with E-state index in [1.54, 1.807) is 13.3 Å². The highest BCUT2D eigenvalue weighted by atomic mass is 32.1. The lowest BCUT2D eigenvalue weighted by Gasteiger charge is -2.09. The van der Waals surface area contributed by atoms with Crippen LogP contribution in [0.15, 0.2) is 53.6 Å². The number of methoxy groups -OCH3 is 1. The zero-order valence-corrected chi connectivity index (χ0v) is 14.4. The summed E-state index contributed by atoms with van der Waals surface area (Å²) in [5.41, 5.74) is 5.97. The molecule has 0 heterocycles. The minimum absolute atomic E-state index is 0.446. The molecule has 2 aromatic carbocycles. The maximum absolute atomic E-state index is 5.22. The molecule has 2 N–H and O–H groups in total. The van der Waals surface area contributed by atoms with Gasteiger partial charge in [0.25, 0.3) is 0 Å². The predicted molar refractivity (Wildman–Crippen MR) is 100 cm³/mol. The van der Waals surface area contributed by atoms with Gasteiger partial charge in [-0.05, 0) is 53.5 Å². The highest BCUT2D eigenvalue weighted by Gasteiger charge is 2.00. The Hall–Kier alpha value is -2.40. The summed E-state index contributed by atoms with van der Waals surface area (Å²) >= 11 is 5.22. The number of hydrazone groups is 1. The maximum atomic E-state index is 5.22. The number of thiocarbonyl (C=S) groups is 1. The molecule has 0 aliphatic rings. The molecule has 2 aromatic rings. The third-order valence-corrected chi connectivity index (χ3v) is 3.50. The van der Waals surface area contributed by atoms with Gasteiger partial charge in [0, 0.05) is 5.69 Å². The lowest BCUT2D eigenvalue weighted by atomic mass is 10.0. The highest BCUT2D eigenvalue weighted by molar-refractivity contribution is 7.80. The molecule has 0 saturated heterocycles. The Balaban J connectivity index is 1.88. The van der Waals surface area contributed by atoms with Gasteiger partial charge < -0.3 is 10.1 Å². The van der Waals surface area contributed by atoms with Crippen molar-refractivity contribution in [2.75, 3.05) is 12.4 Å². The molecule has 0 spiro atoms. The lowest BCUT2D eigenvalue weighted by molar-refractivity contribution is 0.415. The predicted octanol–water partition coefficient (Wildman–Crippen LogP) is 4.14. The molecule has 120 valence electrons. The number of anilines is 1. The van der Waals surface area contributed by atoms with Gasteiger partial charge in [-0.1, -0.05) is 38.1 Å². The van der Waals surface area contributed by atoms with Gasteiger partial charge in [-0.25, -0.2) is 0 Å². The molecule has 0 aliphatic heterocycles. The van der Waals surface area contributed by atoms with E-state index in [9.17, 15) is 0 Å². The van der Waals surface area contributed by atoms with Crippen molar-refractivity contribution in [1.29, 1.82) is 0 Å². The normalized spacial score (nSPS) is 10.8. The van der Waals surface area contributed by atoms with Crippen LogP contribution in [-0.4, -0.2) is 18.4 Å². The molecular formula is C18H21N3OS. The Morgan fingerprint density at radius 1 is 1.17 bits per heavy atom. The van der Waals surface area contributed by atoms with Crippen LogP contribution in [0.3, 0.4) is 0 Å². The first-order valence-corrected chi connectivity index (χ1v) is 7.83. The average Bonchev–Trinajstić information content (AvgIpc) is 2.55. The molecule has 0 aromatic heterocycles. The number of nitrogens with zero attached hydrogens (tertiary/aromatic N) is 1. The van der Waals surface area contributed by atoms with Crippen LogP contribution < -0.4 is 15.5 Å². The van der Waals surface area contributed by atoms with Crippen molar-refractivity contribution in [3.63, 3.8) is 0 Å². The van der Waals surface area contributed by atoms with E-state index >= 15 is 0 Å². The smallest absolute Gasteiger partial charge is 0.191 e. The number of hydrogen-bond acceptors (Lipinski definition) is 3. The molecule has 0 atom stereocenters. The maximum Gasteiger partial charge on any atom is 0.191 e. The van der Waals surface area contributed by atoms with Crippen molar-refractivity contribution in [3.8, 4) is 5.75 Å². The Morgan fingerprint density at radius 2 is 1.91 bits per heavy atom. The largest absolute Gasteiger partial charge is 0.497 e. The average molecular weight is 327 g/mol. The number of ether oxygens (including phenoxy) is 1. The summed E-state index contributed by atoms with van der Waals surface area (Å²) < 4.78 is 5.17. The van der Waals surface area contributed by atoms with E-state index in [4.69, 9.17) is 17.0 Å². The topological polar surface area (TPSA) is 45.6 Å². The molecule has 0 fully saturated rings. The van der Waals surface area contributed by atoms with Gasteiger partial charge in [0.15, 0.2) is 5.11 Å². The van der Waals surface area contributed by atoms with E-state index < -0.39 is 0 Å². The van der Waals surface area contributed by atoms with Crippen LogP contribution in [0.1, 0.15) is 30.9 Å². The van der Waals surface area contributed by atoms with Gasteiger partial charge in [0.05, 0.1) is 13.3 Å². The third kappa shape index (κ3) is 5.38. The number of benzene rings is 2.